The minimum Gasteiger partial charge on any atom is -0.490 e. The normalized spacial score (nSPS) is 11.8. The predicted octanol–water partition coefficient (Wildman–Crippen LogP) is 20.1. The topological polar surface area (TPSA) is 148 Å². The zero-order chi connectivity index (χ0) is 58.5. The molecule has 0 unspecified atom stereocenters. The summed E-state index contributed by atoms with van der Waals surface area (Å²) in [4.78, 5) is 18.6. The first-order valence-corrected chi connectivity index (χ1v) is 31.6. The molecule has 0 bridgehead atoms. The second-order valence-electron chi connectivity index (χ2n) is 19.8. The average Bonchev–Trinajstić information content (AvgIpc) is 3.73. The van der Waals surface area contributed by atoms with Gasteiger partial charge in [-0.15, -0.1) is 32.9 Å². The molecule has 0 N–H and O–H groups in total. The summed E-state index contributed by atoms with van der Waals surface area (Å²) >= 11 is 18.0. The van der Waals surface area contributed by atoms with Crippen molar-refractivity contribution in [3.05, 3.63) is 238 Å². The van der Waals surface area contributed by atoms with Crippen molar-refractivity contribution in [3.8, 4) is 123 Å². The zero-order valence-electron chi connectivity index (χ0n) is 45.7. The van der Waals surface area contributed by atoms with E-state index in [0.29, 0.717) is 35.0 Å². The summed E-state index contributed by atoms with van der Waals surface area (Å²) in [6, 6.07) is 64.9. The van der Waals surface area contributed by atoms with Crippen LogP contribution in [0.1, 0.15) is 6.42 Å². The molecule has 87 heavy (non-hydrogen) atoms. The second kappa shape index (κ2) is 25.2. The van der Waals surface area contributed by atoms with Gasteiger partial charge in [0, 0.05) is 83.6 Å². The van der Waals surface area contributed by atoms with Crippen molar-refractivity contribution in [3.63, 3.8) is 0 Å². The molecule has 7 heterocycles. The first-order chi connectivity index (χ1) is 42.9. The molecule has 1 aliphatic rings. The van der Waals surface area contributed by atoms with E-state index in [2.05, 4.69) is 95.2 Å². The van der Waals surface area contributed by atoms with Gasteiger partial charge in [0.2, 0.25) is 11.8 Å². The van der Waals surface area contributed by atoms with E-state index < -0.39 is 0 Å². The smallest absolute Gasteiger partial charge is 0.227 e. The fourth-order valence-corrected chi connectivity index (χ4v) is 12.8. The number of rotatable bonds is 10. The maximum absolute atomic E-state index is 6.17. The molecule has 0 amide bonds. The van der Waals surface area contributed by atoms with Crippen LogP contribution in [0.25, 0.3) is 133 Å². The van der Waals surface area contributed by atoms with E-state index in [0.717, 1.165) is 139 Å². The van der Waals surface area contributed by atoms with E-state index in [1.165, 1.54) is 23.1 Å². The highest BCUT2D eigenvalue weighted by Gasteiger charge is 2.17. The highest BCUT2D eigenvalue weighted by atomic mass is 35.5. The minimum atomic E-state index is 0.532. The number of thiazole rings is 2. The van der Waals surface area contributed by atoms with Crippen LogP contribution < -0.4 is 9.47 Å². The molecule has 0 saturated heterocycles. The number of ether oxygens (including phenoxy) is 2. The summed E-state index contributed by atoms with van der Waals surface area (Å²) in [5, 5.41) is 23.7. The Bertz CT molecular complexity index is 4690. The first-order valence-electron chi connectivity index (χ1n) is 27.4. The maximum Gasteiger partial charge on any atom is 0.227 e. The van der Waals surface area contributed by atoms with Crippen LogP contribution in [0.4, 0.5) is 0 Å². The third kappa shape index (κ3) is 12.2. The number of hydrogen-bond donors (Lipinski definition) is 0. The van der Waals surface area contributed by atoms with Crippen LogP contribution in [0.15, 0.2) is 237 Å². The van der Waals surface area contributed by atoms with Gasteiger partial charge in [-0.1, -0.05) is 184 Å². The molecule has 0 spiro atoms. The van der Waals surface area contributed by atoms with Crippen LogP contribution in [0, 0.1) is 0 Å². The largest absolute Gasteiger partial charge is 0.490 e. The minimum absolute atomic E-state index is 0.532. The van der Waals surface area contributed by atoms with Crippen LogP contribution in [0.5, 0.6) is 11.5 Å². The highest BCUT2D eigenvalue weighted by Crippen LogP contribution is 2.39. The molecule has 9 aromatic carbocycles. The summed E-state index contributed by atoms with van der Waals surface area (Å²) in [6.45, 7) is 1.37. The van der Waals surface area contributed by atoms with E-state index >= 15 is 0 Å². The van der Waals surface area contributed by atoms with Gasteiger partial charge in [0.1, 0.15) is 21.4 Å². The van der Waals surface area contributed by atoms with Gasteiger partial charge < -0.3 is 18.3 Å². The van der Waals surface area contributed by atoms with Crippen molar-refractivity contribution in [2.24, 2.45) is 0 Å². The molecular formula is C69H44Cl2N8O4S4. The third-order valence-corrected chi connectivity index (χ3v) is 17.9. The number of nitrogens with zero attached hydrogens (tertiary/aromatic N) is 8. The molecule has 18 heteroatoms. The van der Waals surface area contributed by atoms with Crippen LogP contribution >= 0.6 is 68.9 Å². The monoisotopic (exact) mass is 1250 g/mol. The Balaban J connectivity index is 0.000000118. The molecule has 16 rings (SSSR count). The fourth-order valence-electron chi connectivity index (χ4n) is 9.89. The van der Waals surface area contributed by atoms with Gasteiger partial charge in [-0.25, -0.2) is 19.9 Å². The lowest BCUT2D eigenvalue weighted by Gasteiger charge is -2.08. The molecule has 12 nitrogen and oxygen atoms in total. The highest BCUT2D eigenvalue weighted by molar-refractivity contribution is 7.13. The van der Waals surface area contributed by atoms with Gasteiger partial charge in [0.25, 0.3) is 0 Å². The quantitative estimate of drug-likeness (QED) is 0.128. The van der Waals surface area contributed by atoms with Gasteiger partial charge >= 0.3 is 0 Å². The maximum atomic E-state index is 6.17. The Kier molecular flexibility index (Phi) is 16.0. The van der Waals surface area contributed by atoms with E-state index in [-0.39, 0.29) is 0 Å². The average molecular weight is 1250 g/mol. The second-order valence-corrected chi connectivity index (χ2v) is 23.6. The number of hydrogen-bond acceptors (Lipinski definition) is 16. The van der Waals surface area contributed by atoms with Gasteiger partial charge in [0.05, 0.1) is 47.0 Å². The molecule has 0 saturated carbocycles. The van der Waals surface area contributed by atoms with Crippen molar-refractivity contribution in [2.45, 2.75) is 6.42 Å². The van der Waals surface area contributed by atoms with E-state index in [1.54, 1.807) is 41.1 Å². The summed E-state index contributed by atoms with van der Waals surface area (Å²) in [6.07, 6.45) is 4.45. The van der Waals surface area contributed by atoms with E-state index in [4.69, 9.17) is 51.5 Å². The van der Waals surface area contributed by atoms with Crippen molar-refractivity contribution < 1.29 is 18.3 Å². The Morgan fingerprint density at radius 3 is 1.33 bits per heavy atom. The number of fused-ring (bicyclic) bond motifs is 3. The summed E-state index contributed by atoms with van der Waals surface area (Å²) < 4.78 is 31.6. The zero-order valence-corrected chi connectivity index (χ0v) is 50.4. The molecule has 0 radical (unpaired) electrons. The van der Waals surface area contributed by atoms with E-state index in [9.17, 15) is 0 Å². The fraction of sp³-hybridized carbons (Fsp3) is 0.0435. The van der Waals surface area contributed by atoms with Gasteiger partial charge in [-0.05, 0) is 87.1 Å². The molecular weight excluding hydrogens is 1200 g/mol. The molecule has 1 aliphatic heterocycles. The lowest BCUT2D eigenvalue weighted by Crippen LogP contribution is -1.97. The van der Waals surface area contributed by atoms with Crippen molar-refractivity contribution in [2.75, 3.05) is 13.2 Å². The standard InChI is InChI=1S/C32H20N2O2.C20H15N3O2S2.C17H9Cl2N3S2/c1-3-11-25-21(7-1)9-5-13-27(25)31-33-19-29(35-31)23-15-17-24(18-16-23)30-20-34-32(36-30)28-14-6-10-22-8-2-4-12-26(22)28;1-8-24-18-7-6-15(10-19(18)25-9-1)16-11-26-20(21-16)14-4-2-13(3-5-14)17-12-27-23-22-17;18-13-6-5-12(7-14(13)19)15-8-23-17(20-15)11-3-1-10(2-4-11)16-9-24-22-21-16/h1-20H;2-7,10-12H,1,8-9H2;1-9H. The number of aromatic nitrogens is 8. The molecule has 0 fully saturated rings. The molecule has 0 atom stereocenters. The summed E-state index contributed by atoms with van der Waals surface area (Å²) in [7, 11) is 0. The first kappa shape index (κ1) is 55.4. The molecule has 0 aliphatic carbocycles. The van der Waals surface area contributed by atoms with Crippen LogP contribution in [-0.2, 0) is 0 Å². The SMILES string of the molecule is Clc1ccc(-c2csc(-c3ccc(-c4csnn4)cc3)n2)cc1Cl.c1cc(-c2nc(-c3ccc4c(c3)OCCCO4)cs2)ccc1-c1csnn1.c1ccc2c(-c3ncc(-c4ccc(-c5cnc(-c6cccc7ccccc67)o5)cc4)o3)cccc2c1. The lowest BCUT2D eigenvalue weighted by molar-refractivity contribution is 0.297. The van der Waals surface area contributed by atoms with Gasteiger partial charge in [0.15, 0.2) is 23.0 Å². The van der Waals surface area contributed by atoms with Crippen molar-refractivity contribution in [1.29, 1.82) is 0 Å². The summed E-state index contributed by atoms with van der Waals surface area (Å²) in [5.41, 5.74) is 13.8. The predicted molar refractivity (Wildman–Crippen MR) is 353 cm³/mol. The third-order valence-electron chi connectivity index (χ3n) is 14.3. The Labute approximate surface area is 525 Å². The Hall–Kier alpha value is -9.52. The van der Waals surface area contributed by atoms with Crippen molar-refractivity contribution in [1.82, 2.24) is 39.1 Å². The number of halogens is 2. The Morgan fingerprint density at radius 2 is 0.828 bits per heavy atom. The Morgan fingerprint density at radius 1 is 0.379 bits per heavy atom. The van der Waals surface area contributed by atoms with Gasteiger partial charge in [-0.2, -0.15) is 0 Å². The molecule has 422 valence electrons. The summed E-state index contributed by atoms with van der Waals surface area (Å²) in [5.74, 6) is 4.26. The number of oxazole rings is 2. The van der Waals surface area contributed by atoms with Crippen molar-refractivity contribution >= 4 is 90.5 Å². The molecule has 15 aromatic rings. The van der Waals surface area contributed by atoms with E-state index in [1.807, 2.05) is 144 Å². The van der Waals surface area contributed by atoms with Crippen LogP contribution in [0.2, 0.25) is 10.0 Å². The lowest BCUT2D eigenvalue weighted by atomic mass is 10.0. The van der Waals surface area contributed by atoms with Gasteiger partial charge in [-0.3, -0.25) is 0 Å². The molecule has 6 aromatic heterocycles. The number of benzene rings is 9. The van der Waals surface area contributed by atoms with Crippen LogP contribution in [-0.4, -0.2) is 52.3 Å². The van der Waals surface area contributed by atoms with Crippen LogP contribution in [0.3, 0.4) is 0 Å².